The number of aliphatic hydroxyl groups is 1. The van der Waals surface area contributed by atoms with E-state index in [4.69, 9.17) is 0 Å². The van der Waals surface area contributed by atoms with E-state index in [0.717, 1.165) is 51.4 Å². The topological polar surface area (TPSA) is 98.7 Å². The average Bonchev–Trinajstić information content (AvgIpc) is 3.23. The third kappa shape index (κ3) is 5.99. The van der Waals surface area contributed by atoms with Gasteiger partial charge < -0.3 is 20.2 Å². The van der Waals surface area contributed by atoms with Crippen LogP contribution in [0.25, 0.3) is 0 Å². The number of rotatable bonds is 11. The molecule has 2 heterocycles. The zero-order valence-corrected chi connectivity index (χ0v) is 25.0. The highest BCUT2D eigenvalue weighted by molar-refractivity contribution is 5.91. The molecule has 2 N–H and O–H groups in total. The molecule has 8 nitrogen and oxygen atoms in total. The number of anilines is 1. The molecule has 3 aliphatic rings. The summed E-state index contributed by atoms with van der Waals surface area (Å²) in [6, 6.07) is 10.9. The lowest BCUT2D eigenvalue weighted by Crippen LogP contribution is -2.57. The van der Waals surface area contributed by atoms with E-state index in [1.165, 1.54) is 18.3 Å². The number of hydrogen-bond donors (Lipinski definition) is 2. The highest BCUT2D eigenvalue weighted by Gasteiger charge is 2.56. The van der Waals surface area contributed by atoms with E-state index in [2.05, 4.69) is 71.3 Å². The fourth-order valence-corrected chi connectivity index (χ4v) is 8.04. The van der Waals surface area contributed by atoms with Crippen molar-refractivity contribution >= 4 is 17.6 Å². The minimum absolute atomic E-state index is 0.00471. The Hall–Kier alpha value is -3.00. The number of amides is 3. The van der Waals surface area contributed by atoms with Gasteiger partial charge in [-0.3, -0.25) is 4.79 Å². The summed E-state index contributed by atoms with van der Waals surface area (Å²) in [7, 11) is 0. The summed E-state index contributed by atoms with van der Waals surface area (Å²) in [6.07, 6.45) is 14.3. The first kappa shape index (κ1) is 29.5. The van der Waals surface area contributed by atoms with Crippen LogP contribution in [0.4, 0.5) is 10.5 Å². The molecule has 222 valence electrons. The third-order valence-electron chi connectivity index (χ3n) is 10.4. The largest absolute Gasteiger partial charge is 0.390 e. The molecule has 41 heavy (non-hydrogen) atoms. The fraction of sp³-hybridized carbons (Fsp3) is 0.636. The van der Waals surface area contributed by atoms with Gasteiger partial charge in [0.1, 0.15) is 6.33 Å². The van der Waals surface area contributed by atoms with Crippen molar-refractivity contribution in [3.8, 4) is 0 Å². The second kappa shape index (κ2) is 12.1. The van der Waals surface area contributed by atoms with E-state index in [1.54, 1.807) is 12.4 Å². The van der Waals surface area contributed by atoms with E-state index in [0.29, 0.717) is 31.1 Å². The van der Waals surface area contributed by atoms with Crippen molar-refractivity contribution in [1.29, 1.82) is 0 Å². The van der Waals surface area contributed by atoms with Gasteiger partial charge >= 0.3 is 6.03 Å². The predicted octanol–water partition coefficient (Wildman–Crippen LogP) is 5.92. The molecule has 1 aromatic heterocycles. The lowest BCUT2D eigenvalue weighted by Gasteiger charge is -2.52. The number of aromatic nitrogens is 2. The monoisotopic (exact) mass is 561 g/mol. The zero-order valence-electron chi connectivity index (χ0n) is 25.0. The van der Waals surface area contributed by atoms with Crippen molar-refractivity contribution < 1.29 is 14.7 Å². The van der Waals surface area contributed by atoms with Gasteiger partial charge in [0.2, 0.25) is 5.91 Å². The molecule has 5 rings (SSSR count). The number of nitrogens with zero attached hydrogens (tertiary/aromatic N) is 4. The molecule has 8 heteroatoms. The summed E-state index contributed by atoms with van der Waals surface area (Å²) in [5.74, 6) is 0.393. The summed E-state index contributed by atoms with van der Waals surface area (Å²) in [5, 5.41) is 13.9. The van der Waals surface area contributed by atoms with Crippen molar-refractivity contribution in [2.75, 3.05) is 18.4 Å². The Morgan fingerprint density at radius 2 is 1.73 bits per heavy atom. The Morgan fingerprint density at radius 1 is 1.05 bits per heavy atom. The van der Waals surface area contributed by atoms with Gasteiger partial charge in [0, 0.05) is 25.6 Å². The van der Waals surface area contributed by atoms with Crippen molar-refractivity contribution in [2.45, 2.75) is 114 Å². The van der Waals surface area contributed by atoms with E-state index in [9.17, 15) is 14.7 Å². The van der Waals surface area contributed by atoms with Crippen molar-refractivity contribution in [3.05, 3.63) is 54.6 Å². The first-order chi connectivity index (χ1) is 19.7. The molecule has 2 unspecified atom stereocenters. The Kier molecular flexibility index (Phi) is 8.69. The van der Waals surface area contributed by atoms with Crippen LogP contribution < -0.4 is 5.32 Å². The number of nitrogens with one attached hydrogen (secondary N) is 1. The molecule has 1 spiro atoms. The van der Waals surface area contributed by atoms with Crippen molar-refractivity contribution in [1.82, 2.24) is 19.8 Å². The van der Waals surface area contributed by atoms with Crippen LogP contribution in [-0.4, -0.2) is 67.1 Å². The van der Waals surface area contributed by atoms with Crippen LogP contribution in [0, 0.1) is 5.92 Å². The predicted molar refractivity (Wildman–Crippen MR) is 160 cm³/mol. The first-order valence-electron chi connectivity index (χ1n) is 15.6. The molecule has 1 aliphatic heterocycles. The summed E-state index contributed by atoms with van der Waals surface area (Å²) < 4.78 is 0. The molecule has 1 aromatic carbocycles. The van der Waals surface area contributed by atoms with Crippen LogP contribution in [0.2, 0.25) is 0 Å². The van der Waals surface area contributed by atoms with Gasteiger partial charge in [0.15, 0.2) is 0 Å². The summed E-state index contributed by atoms with van der Waals surface area (Å²) in [6.45, 7) is 7.78. The molecule has 0 radical (unpaired) electrons. The summed E-state index contributed by atoms with van der Waals surface area (Å²) >= 11 is 0. The molecule has 3 amide bonds. The van der Waals surface area contributed by atoms with Gasteiger partial charge in [-0.15, -0.1) is 0 Å². The zero-order chi connectivity index (χ0) is 29.1. The number of carbonyl (C=O) groups excluding carboxylic acids is 2. The van der Waals surface area contributed by atoms with Crippen LogP contribution in [0.3, 0.4) is 0 Å². The lowest BCUT2D eigenvalue weighted by atomic mass is 9.58. The first-order valence-corrected chi connectivity index (χ1v) is 15.6. The highest BCUT2D eigenvalue weighted by atomic mass is 16.3. The molecule has 3 fully saturated rings. The molecule has 0 bridgehead atoms. The standard InChI is InChI=1S/C33H47N5O3/c1-4-9-25(2)33(27-10-6-5-7-11-27)17-15-31(16-18-33)23-37(19-12-29(39)36-28-21-34-24-35-22-28)30(40)38(31)26(3)20-32(41)13-8-14-32/h5-7,10-11,21-22,24-26,41H,4,8-9,12-20,23H2,1-3H3,(H,36,39). The fourth-order valence-electron chi connectivity index (χ4n) is 8.04. The van der Waals surface area contributed by atoms with Gasteiger partial charge in [-0.2, -0.15) is 0 Å². The van der Waals surface area contributed by atoms with Crippen LogP contribution in [0.15, 0.2) is 49.1 Å². The van der Waals surface area contributed by atoms with Crippen LogP contribution in [0.1, 0.15) is 97.0 Å². The molecule has 1 saturated heterocycles. The van der Waals surface area contributed by atoms with E-state index >= 15 is 0 Å². The van der Waals surface area contributed by atoms with E-state index in [-0.39, 0.29) is 35.4 Å². The second-order valence-electron chi connectivity index (χ2n) is 13.1. The number of benzene rings is 1. The minimum Gasteiger partial charge on any atom is -0.390 e. The summed E-state index contributed by atoms with van der Waals surface area (Å²) in [4.78, 5) is 38.7. The second-order valence-corrected chi connectivity index (χ2v) is 13.1. The maximum absolute atomic E-state index is 14.1. The minimum atomic E-state index is -0.663. The average molecular weight is 562 g/mol. The van der Waals surface area contributed by atoms with Gasteiger partial charge in [-0.05, 0) is 75.2 Å². The number of urea groups is 1. The molecule has 2 saturated carbocycles. The molecule has 2 atom stereocenters. The molecular weight excluding hydrogens is 514 g/mol. The number of carbonyl (C=O) groups is 2. The van der Waals surface area contributed by atoms with E-state index in [1.807, 2.05) is 4.90 Å². The van der Waals surface area contributed by atoms with Crippen LogP contribution in [-0.2, 0) is 10.2 Å². The van der Waals surface area contributed by atoms with Gasteiger partial charge in [0.05, 0.1) is 29.2 Å². The Morgan fingerprint density at radius 3 is 2.34 bits per heavy atom. The summed E-state index contributed by atoms with van der Waals surface area (Å²) in [5.41, 5.74) is 1.12. The van der Waals surface area contributed by atoms with Gasteiger partial charge in [0.25, 0.3) is 0 Å². The lowest BCUT2D eigenvalue weighted by molar-refractivity contribution is -0.116. The molecule has 2 aromatic rings. The SMILES string of the molecule is CCCC(C)C1(c2ccccc2)CCC2(CC1)CN(CCC(=O)Nc1cncnc1)C(=O)N2C(C)CC1(O)CCC1. The molecular formula is C33H47N5O3. The Bertz CT molecular complexity index is 1180. The maximum atomic E-state index is 14.1. The van der Waals surface area contributed by atoms with Crippen molar-refractivity contribution in [2.24, 2.45) is 5.92 Å². The molecule has 2 aliphatic carbocycles. The highest BCUT2D eigenvalue weighted by Crippen LogP contribution is 2.53. The van der Waals surface area contributed by atoms with Gasteiger partial charge in [-0.25, -0.2) is 14.8 Å². The van der Waals surface area contributed by atoms with Crippen LogP contribution in [0.5, 0.6) is 0 Å². The third-order valence-corrected chi connectivity index (χ3v) is 10.4. The van der Waals surface area contributed by atoms with Crippen molar-refractivity contribution in [3.63, 3.8) is 0 Å². The maximum Gasteiger partial charge on any atom is 0.320 e. The van der Waals surface area contributed by atoms with Gasteiger partial charge in [-0.1, -0.05) is 57.0 Å². The quantitative estimate of drug-likeness (QED) is 0.355. The Balaban J connectivity index is 1.36. The van der Waals surface area contributed by atoms with E-state index < -0.39 is 5.60 Å². The smallest absolute Gasteiger partial charge is 0.320 e. The Labute approximate surface area is 244 Å². The normalized spacial score (nSPS) is 27.0. The van der Waals surface area contributed by atoms with Crippen LogP contribution >= 0.6 is 0 Å². The number of hydrogen-bond acceptors (Lipinski definition) is 5.